The molecule has 0 heterocycles. The van der Waals surface area contributed by atoms with Crippen molar-refractivity contribution in [2.24, 2.45) is 0 Å². The summed E-state index contributed by atoms with van der Waals surface area (Å²) in [4.78, 5) is 35.9. The van der Waals surface area contributed by atoms with Gasteiger partial charge in [0.05, 0.1) is 27.7 Å². The van der Waals surface area contributed by atoms with Gasteiger partial charge in [-0.1, -0.05) is 371 Å². The number of hydrogen-bond acceptors (Lipinski definition) is 7. The molecule has 88 heavy (non-hydrogen) atoms. The third-order valence-electron chi connectivity index (χ3n) is 17.4. The fourth-order valence-corrected chi connectivity index (χ4v) is 12.3. The molecular weight excluding hydrogens is 1110 g/mol. The van der Waals surface area contributed by atoms with Crippen molar-refractivity contribution >= 4 is 19.8 Å². The lowest BCUT2D eigenvalue weighted by Gasteiger charge is -2.24. The Hall–Kier alpha value is -2.03. The lowest BCUT2D eigenvalue weighted by atomic mass is 10.0. The second-order valence-electron chi connectivity index (χ2n) is 27.4. The van der Waals surface area contributed by atoms with Crippen LogP contribution >= 0.6 is 7.82 Å². The van der Waals surface area contributed by atoms with E-state index < -0.39 is 26.5 Å². The van der Waals surface area contributed by atoms with E-state index in [4.69, 9.17) is 18.5 Å². The van der Waals surface area contributed by atoms with Crippen LogP contribution in [0.2, 0.25) is 0 Å². The minimum Gasteiger partial charge on any atom is -0.462 e. The summed E-state index contributed by atoms with van der Waals surface area (Å²) < 4.78 is 34.8. The maximum atomic E-state index is 12.9. The van der Waals surface area contributed by atoms with Gasteiger partial charge in [0.2, 0.25) is 0 Å². The number of unbranched alkanes of at least 4 members (excludes halogenated alkanes) is 50. The molecule has 0 aromatic heterocycles. The van der Waals surface area contributed by atoms with Gasteiger partial charge in [-0.05, 0) is 51.4 Å². The highest BCUT2D eigenvalue weighted by Crippen LogP contribution is 2.43. The number of nitrogens with zero attached hydrogens (tertiary/aromatic N) is 1. The van der Waals surface area contributed by atoms with Gasteiger partial charge < -0.3 is 18.9 Å². The molecule has 0 aliphatic carbocycles. The summed E-state index contributed by atoms with van der Waals surface area (Å²) in [6, 6.07) is 0. The number of phosphoric acid groups is 1. The topological polar surface area (TPSA) is 108 Å². The molecule has 0 radical (unpaired) electrons. The van der Waals surface area contributed by atoms with Gasteiger partial charge in [-0.3, -0.25) is 18.6 Å². The first kappa shape index (κ1) is 86.0. The van der Waals surface area contributed by atoms with Gasteiger partial charge in [0.1, 0.15) is 19.8 Å². The van der Waals surface area contributed by atoms with Crippen molar-refractivity contribution in [1.82, 2.24) is 0 Å². The number of hydrogen-bond donors (Lipinski definition) is 1. The van der Waals surface area contributed by atoms with Gasteiger partial charge in [-0.25, -0.2) is 4.57 Å². The summed E-state index contributed by atoms with van der Waals surface area (Å²) in [6.45, 7) is 4.40. The fraction of sp³-hybridized carbons (Fsp3) is 0.872. The van der Waals surface area contributed by atoms with Crippen LogP contribution in [0.3, 0.4) is 0 Å². The molecule has 1 N–H and O–H groups in total. The molecule has 0 aliphatic heterocycles. The Kier molecular flexibility index (Phi) is 67.7. The fourth-order valence-electron chi connectivity index (χ4n) is 11.5. The van der Waals surface area contributed by atoms with Crippen LogP contribution in [0.25, 0.3) is 0 Å². The van der Waals surface area contributed by atoms with Crippen LogP contribution in [0, 0.1) is 0 Å². The van der Waals surface area contributed by atoms with E-state index in [1.165, 1.54) is 295 Å². The number of carbonyl (C=O) groups is 2. The second-order valence-corrected chi connectivity index (χ2v) is 28.8. The van der Waals surface area contributed by atoms with E-state index in [1.54, 1.807) is 0 Å². The first-order valence-corrected chi connectivity index (χ1v) is 39.9. The normalized spacial score (nSPS) is 13.3. The minimum absolute atomic E-state index is 0.0355. The van der Waals surface area contributed by atoms with Gasteiger partial charge >= 0.3 is 19.8 Å². The zero-order chi connectivity index (χ0) is 64.1. The van der Waals surface area contributed by atoms with Crippen molar-refractivity contribution in [3.05, 3.63) is 48.6 Å². The molecule has 2 atom stereocenters. The molecule has 0 bridgehead atoms. The average molecular weight is 1260 g/mol. The third-order valence-corrected chi connectivity index (χ3v) is 18.4. The molecule has 518 valence electrons. The highest BCUT2D eigenvalue weighted by Gasteiger charge is 2.27. The highest BCUT2D eigenvalue weighted by atomic mass is 31.2. The SMILES string of the molecule is CC/C=C\C/C=C\C/C=C\C/C=C\CCCCCCCCCCCCCCCCCCCCCCCCCCCCC(=O)OC(COC(=O)CCCCCCCCCCCCCCCCCCCCCCCCCCC)COP(=O)(O)OCC[N+](C)(C)C. The maximum Gasteiger partial charge on any atom is 0.472 e. The first-order chi connectivity index (χ1) is 43.0. The zero-order valence-corrected chi connectivity index (χ0v) is 60.1. The molecule has 0 aromatic rings. The Bertz CT molecular complexity index is 1620. The van der Waals surface area contributed by atoms with Crippen molar-refractivity contribution in [2.45, 2.75) is 392 Å². The van der Waals surface area contributed by atoms with Crippen LogP contribution < -0.4 is 0 Å². The van der Waals surface area contributed by atoms with E-state index in [0.717, 1.165) is 57.8 Å². The average Bonchev–Trinajstić information content (AvgIpc) is 3.68. The number of esters is 2. The number of quaternary nitrogens is 1. The largest absolute Gasteiger partial charge is 0.472 e. The number of carbonyl (C=O) groups excluding carboxylic acids is 2. The molecule has 0 amide bonds. The first-order valence-electron chi connectivity index (χ1n) is 38.4. The summed E-state index contributed by atoms with van der Waals surface area (Å²) in [5.41, 5.74) is 0. The molecule has 0 saturated heterocycles. The number of likely N-dealkylation sites (N-methyl/N-ethyl adjacent to an activating group) is 1. The standard InChI is InChI=1S/C78H148NO8P/c1-6-8-10-12-14-16-18-20-22-24-26-28-30-32-33-34-35-36-37-38-39-40-41-42-43-44-45-47-49-51-53-55-57-59-61-63-65-67-69-71-78(81)87-76(75-86-88(82,83)85-73-72-79(3,4)5)74-84-77(80)70-68-66-64-62-60-58-56-54-52-50-48-46-31-29-27-25-23-21-19-17-15-13-11-9-7-2/h8,10,14,16,20,22,26,28,76H,6-7,9,11-13,15,17-19,21,23-25,27,29-75H2,1-5H3/p+1/b10-8-,16-14-,22-20-,28-26-. The Morgan fingerprint density at radius 2 is 0.648 bits per heavy atom. The summed E-state index contributed by atoms with van der Waals surface area (Å²) in [7, 11) is 1.50. The smallest absolute Gasteiger partial charge is 0.462 e. The van der Waals surface area contributed by atoms with Gasteiger partial charge in [-0.15, -0.1) is 0 Å². The quantitative estimate of drug-likeness (QED) is 0.0211. The predicted octanol–water partition coefficient (Wildman–Crippen LogP) is 25.2. The predicted molar refractivity (Wildman–Crippen MR) is 381 cm³/mol. The molecule has 0 fully saturated rings. The van der Waals surface area contributed by atoms with Crippen LogP contribution in [0.4, 0.5) is 0 Å². The molecule has 0 aromatic carbocycles. The molecule has 0 aliphatic rings. The number of rotatable bonds is 72. The van der Waals surface area contributed by atoms with E-state index in [1.807, 2.05) is 21.1 Å². The number of allylic oxidation sites excluding steroid dienone is 8. The molecule has 10 heteroatoms. The van der Waals surface area contributed by atoms with E-state index in [-0.39, 0.29) is 25.6 Å². The third kappa shape index (κ3) is 73.0. The lowest BCUT2D eigenvalue weighted by molar-refractivity contribution is -0.870. The number of phosphoric ester groups is 1. The second kappa shape index (κ2) is 69.3. The molecule has 0 spiro atoms. The summed E-state index contributed by atoms with van der Waals surface area (Å²) in [6.07, 6.45) is 91.1. The summed E-state index contributed by atoms with van der Waals surface area (Å²) in [5.74, 6) is -0.771. The highest BCUT2D eigenvalue weighted by molar-refractivity contribution is 7.47. The van der Waals surface area contributed by atoms with Gasteiger partial charge in [-0.2, -0.15) is 0 Å². The minimum atomic E-state index is -4.39. The van der Waals surface area contributed by atoms with E-state index >= 15 is 0 Å². The lowest BCUT2D eigenvalue weighted by Crippen LogP contribution is -2.37. The maximum absolute atomic E-state index is 12.9. The summed E-state index contributed by atoms with van der Waals surface area (Å²) in [5, 5.41) is 0. The van der Waals surface area contributed by atoms with Crippen LogP contribution in [-0.4, -0.2) is 74.9 Å². The Morgan fingerprint density at radius 3 is 0.966 bits per heavy atom. The van der Waals surface area contributed by atoms with Crippen molar-refractivity contribution in [2.75, 3.05) is 47.5 Å². The van der Waals surface area contributed by atoms with Gasteiger partial charge in [0.15, 0.2) is 6.10 Å². The Balaban J connectivity index is 3.90. The van der Waals surface area contributed by atoms with Crippen LogP contribution in [-0.2, 0) is 32.7 Å². The van der Waals surface area contributed by atoms with Crippen LogP contribution in [0.1, 0.15) is 386 Å². The van der Waals surface area contributed by atoms with Crippen molar-refractivity contribution in [1.29, 1.82) is 0 Å². The summed E-state index contributed by atoms with van der Waals surface area (Å²) >= 11 is 0. The van der Waals surface area contributed by atoms with Crippen molar-refractivity contribution < 1.29 is 42.1 Å². The van der Waals surface area contributed by atoms with Crippen molar-refractivity contribution in [3.63, 3.8) is 0 Å². The van der Waals surface area contributed by atoms with Crippen LogP contribution in [0.15, 0.2) is 48.6 Å². The molecule has 0 saturated carbocycles. The molecular formula is C78H149NO8P+. The zero-order valence-electron chi connectivity index (χ0n) is 59.2. The molecule has 0 rings (SSSR count). The Labute approximate surface area is 547 Å². The van der Waals surface area contributed by atoms with E-state index in [9.17, 15) is 19.0 Å². The number of ether oxygens (including phenoxy) is 2. The Morgan fingerprint density at radius 1 is 0.364 bits per heavy atom. The van der Waals surface area contributed by atoms with Crippen molar-refractivity contribution in [3.8, 4) is 0 Å². The monoisotopic (exact) mass is 1260 g/mol. The van der Waals surface area contributed by atoms with Gasteiger partial charge in [0.25, 0.3) is 0 Å². The van der Waals surface area contributed by atoms with E-state index in [0.29, 0.717) is 23.9 Å². The van der Waals surface area contributed by atoms with E-state index in [2.05, 4.69) is 62.5 Å². The van der Waals surface area contributed by atoms with Crippen LogP contribution in [0.5, 0.6) is 0 Å². The molecule has 9 nitrogen and oxygen atoms in total. The van der Waals surface area contributed by atoms with Gasteiger partial charge in [0, 0.05) is 12.8 Å². The molecule has 2 unspecified atom stereocenters.